The maximum atomic E-state index is 11.8. The van der Waals surface area contributed by atoms with Crippen LogP contribution < -0.4 is 5.32 Å². The average Bonchev–Trinajstić information content (AvgIpc) is 2.37. The average molecular weight is 265 g/mol. The third kappa shape index (κ3) is 3.04. The number of amides is 1. The van der Waals surface area contributed by atoms with Gasteiger partial charge in [-0.15, -0.1) is 11.8 Å². The lowest BCUT2D eigenvalue weighted by atomic mass is 10.2. The van der Waals surface area contributed by atoms with Gasteiger partial charge in [-0.1, -0.05) is 19.1 Å². The topological polar surface area (TPSA) is 55.4 Å². The number of ether oxygens (including phenoxy) is 1. The van der Waals surface area contributed by atoms with Gasteiger partial charge in [-0.3, -0.25) is 9.59 Å². The zero-order valence-electron chi connectivity index (χ0n) is 10.1. The zero-order valence-corrected chi connectivity index (χ0v) is 11.0. The molecule has 1 atom stereocenters. The number of anilines is 1. The summed E-state index contributed by atoms with van der Waals surface area (Å²) >= 11 is 1.41. The van der Waals surface area contributed by atoms with Crippen LogP contribution in [0.3, 0.4) is 0 Å². The first-order valence-electron chi connectivity index (χ1n) is 5.93. The van der Waals surface area contributed by atoms with E-state index in [1.807, 2.05) is 31.2 Å². The highest BCUT2D eigenvalue weighted by molar-refractivity contribution is 8.01. The number of hydrogen-bond donors (Lipinski definition) is 1. The van der Waals surface area contributed by atoms with Crippen molar-refractivity contribution in [3.63, 3.8) is 0 Å². The van der Waals surface area contributed by atoms with Gasteiger partial charge in [0.1, 0.15) is 0 Å². The summed E-state index contributed by atoms with van der Waals surface area (Å²) in [5.41, 5.74) is 0.811. The van der Waals surface area contributed by atoms with Gasteiger partial charge in [0.25, 0.3) is 0 Å². The van der Waals surface area contributed by atoms with E-state index < -0.39 is 5.25 Å². The van der Waals surface area contributed by atoms with Crippen LogP contribution in [0.4, 0.5) is 5.69 Å². The van der Waals surface area contributed by atoms with E-state index in [0.29, 0.717) is 6.61 Å². The molecule has 96 valence electrons. The molecule has 0 aliphatic carbocycles. The van der Waals surface area contributed by atoms with Crippen LogP contribution in [-0.4, -0.2) is 23.7 Å². The van der Waals surface area contributed by atoms with Crippen molar-refractivity contribution in [2.24, 2.45) is 0 Å². The predicted octanol–water partition coefficient (Wildman–Crippen LogP) is 2.44. The van der Waals surface area contributed by atoms with Gasteiger partial charge in [0.15, 0.2) is 0 Å². The van der Waals surface area contributed by atoms with Crippen LogP contribution in [0.2, 0.25) is 0 Å². The number of fused-ring (bicyclic) bond motifs is 1. The van der Waals surface area contributed by atoms with E-state index in [1.165, 1.54) is 11.8 Å². The summed E-state index contributed by atoms with van der Waals surface area (Å²) in [5.74, 6) is -0.448. The Balaban J connectivity index is 1.99. The van der Waals surface area contributed by atoms with Crippen LogP contribution in [0.25, 0.3) is 0 Å². The summed E-state index contributed by atoms with van der Waals surface area (Å²) in [6.07, 6.45) is 0.906. The molecule has 0 radical (unpaired) electrons. The molecule has 0 saturated heterocycles. The third-order valence-corrected chi connectivity index (χ3v) is 3.80. The standard InChI is InChI=1S/C13H15NO3S/c1-2-7-17-12(15)8-11-13(16)14-9-5-3-4-6-10(9)18-11/h3-6,11H,2,7-8H2,1H3,(H,14,16). The number of nitrogens with one attached hydrogen (secondary N) is 1. The van der Waals surface area contributed by atoms with E-state index in [1.54, 1.807) is 0 Å². The summed E-state index contributed by atoms with van der Waals surface area (Å²) in [5, 5.41) is 2.41. The molecule has 1 N–H and O–H groups in total. The van der Waals surface area contributed by atoms with E-state index in [9.17, 15) is 9.59 Å². The molecule has 0 spiro atoms. The van der Waals surface area contributed by atoms with Crippen molar-refractivity contribution >= 4 is 29.3 Å². The van der Waals surface area contributed by atoms with Gasteiger partial charge in [0.2, 0.25) is 5.91 Å². The number of thioether (sulfide) groups is 1. The molecule has 0 fully saturated rings. The molecular weight excluding hydrogens is 250 g/mol. The van der Waals surface area contributed by atoms with E-state index in [4.69, 9.17) is 4.74 Å². The van der Waals surface area contributed by atoms with E-state index in [0.717, 1.165) is 17.0 Å². The van der Waals surface area contributed by atoms with Crippen LogP contribution in [0.5, 0.6) is 0 Å². The lowest BCUT2D eigenvalue weighted by Crippen LogP contribution is -2.31. The van der Waals surface area contributed by atoms with Crippen LogP contribution in [0, 0.1) is 0 Å². The molecule has 0 saturated carbocycles. The SMILES string of the molecule is CCCOC(=O)CC1Sc2ccccc2NC1=O. The molecule has 1 unspecified atom stereocenters. The largest absolute Gasteiger partial charge is 0.466 e. The van der Waals surface area contributed by atoms with Gasteiger partial charge in [-0.2, -0.15) is 0 Å². The number of para-hydroxylation sites is 1. The van der Waals surface area contributed by atoms with Crippen molar-refractivity contribution in [2.45, 2.75) is 29.9 Å². The lowest BCUT2D eigenvalue weighted by Gasteiger charge is -2.23. The van der Waals surface area contributed by atoms with Crippen LogP contribution in [-0.2, 0) is 14.3 Å². The highest BCUT2D eigenvalue weighted by Gasteiger charge is 2.29. The van der Waals surface area contributed by atoms with Gasteiger partial charge in [-0.05, 0) is 18.6 Å². The summed E-state index contributed by atoms with van der Waals surface area (Å²) in [6.45, 7) is 2.35. The number of rotatable bonds is 4. The van der Waals surface area contributed by atoms with Gasteiger partial charge >= 0.3 is 5.97 Å². The zero-order chi connectivity index (χ0) is 13.0. The minimum Gasteiger partial charge on any atom is -0.466 e. The fraction of sp³-hybridized carbons (Fsp3) is 0.385. The lowest BCUT2D eigenvalue weighted by molar-refractivity contribution is -0.144. The second-order valence-electron chi connectivity index (χ2n) is 4.02. The van der Waals surface area contributed by atoms with Crippen molar-refractivity contribution in [3.05, 3.63) is 24.3 Å². The molecule has 0 aromatic heterocycles. The fourth-order valence-electron chi connectivity index (χ4n) is 1.65. The van der Waals surface area contributed by atoms with Crippen molar-refractivity contribution in [2.75, 3.05) is 11.9 Å². The molecule has 1 aromatic carbocycles. The second-order valence-corrected chi connectivity index (χ2v) is 5.26. The first-order valence-corrected chi connectivity index (χ1v) is 6.81. The van der Waals surface area contributed by atoms with E-state index >= 15 is 0 Å². The van der Waals surface area contributed by atoms with Gasteiger partial charge in [0.05, 0.1) is 24.0 Å². The summed E-state index contributed by atoms with van der Waals surface area (Å²) in [6, 6.07) is 7.57. The normalized spacial score (nSPS) is 17.8. The molecule has 0 bridgehead atoms. The predicted molar refractivity (Wildman–Crippen MR) is 70.6 cm³/mol. The van der Waals surface area contributed by atoms with Crippen molar-refractivity contribution in [1.82, 2.24) is 0 Å². The molecule has 1 aromatic rings. The maximum Gasteiger partial charge on any atom is 0.307 e. The molecule has 4 nitrogen and oxygen atoms in total. The first-order chi connectivity index (χ1) is 8.70. The third-order valence-electron chi connectivity index (χ3n) is 2.53. The Hall–Kier alpha value is -1.49. The van der Waals surface area contributed by atoms with Crippen molar-refractivity contribution < 1.29 is 14.3 Å². The molecule has 1 heterocycles. The highest BCUT2D eigenvalue weighted by atomic mass is 32.2. The van der Waals surface area contributed by atoms with Crippen LogP contribution in [0.15, 0.2) is 29.2 Å². The highest BCUT2D eigenvalue weighted by Crippen LogP contribution is 2.36. The number of carbonyl (C=O) groups excluding carboxylic acids is 2. The van der Waals surface area contributed by atoms with Gasteiger partial charge < -0.3 is 10.1 Å². The van der Waals surface area contributed by atoms with Crippen molar-refractivity contribution in [1.29, 1.82) is 0 Å². The Morgan fingerprint density at radius 2 is 2.22 bits per heavy atom. The van der Waals surface area contributed by atoms with E-state index in [-0.39, 0.29) is 18.3 Å². The molecule has 5 heteroatoms. The molecular formula is C13H15NO3S. The van der Waals surface area contributed by atoms with Crippen LogP contribution >= 0.6 is 11.8 Å². The Labute approximate surface area is 110 Å². The fourth-order valence-corrected chi connectivity index (χ4v) is 2.75. The van der Waals surface area contributed by atoms with Crippen molar-refractivity contribution in [3.8, 4) is 0 Å². The van der Waals surface area contributed by atoms with E-state index in [2.05, 4.69) is 5.32 Å². The molecule has 18 heavy (non-hydrogen) atoms. The molecule has 1 aliphatic rings. The number of carbonyl (C=O) groups is 2. The molecule has 1 amide bonds. The van der Waals surface area contributed by atoms with Gasteiger partial charge in [-0.25, -0.2) is 0 Å². The quantitative estimate of drug-likeness (QED) is 0.850. The smallest absolute Gasteiger partial charge is 0.307 e. The molecule has 1 aliphatic heterocycles. The first kappa shape index (κ1) is 13.0. The number of esters is 1. The Kier molecular flexibility index (Phi) is 4.25. The second kappa shape index (κ2) is 5.91. The Morgan fingerprint density at radius 1 is 1.44 bits per heavy atom. The summed E-state index contributed by atoms with van der Waals surface area (Å²) < 4.78 is 5.00. The monoisotopic (exact) mass is 265 g/mol. The summed E-state index contributed by atoms with van der Waals surface area (Å²) in [7, 11) is 0. The Bertz CT molecular complexity index is 461. The molecule has 2 rings (SSSR count). The maximum absolute atomic E-state index is 11.8. The minimum atomic E-state index is -0.399. The summed E-state index contributed by atoms with van der Waals surface area (Å²) in [4.78, 5) is 24.3. The number of hydrogen-bond acceptors (Lipinski definition) is 4. The number of benzene rings is 1. The van der Waals surface area contributed by atoms with Crippen LogP contribution in [0.1, 0.15) is 19.8 Å². The Morgan fingerprint density at radius 3 is 3.00 bits per heavy atom. The van der Waals surface area contributed by atoms with Gasteiger partial charge in [0, 0.05) is 4.90 Å². The minimum absolute atomic E-state index is 0.116.